The molecule has 1 aromatic carbocycles. The molecule has 1 aliphatic heterocycles. The van der Waals surface area contributed by atoms with Gasteiger partial charge in [-0.2, -0.15) is 0 Å². The quantitative estimate of drug-likeness (QED) is 0.692. The van der Waals surface area contributed by atoms with Crippen LogP contribution in [0, 0.1) is 0 Å². The van der Waals surface area contributed by atoms with E-state index in [1.165, 1.54) is 17.5 Å². The molecular weight excluding hydrogens is 158 g/mol. The fraction of sp³-hybridized carbons (Fsp3) is 0.500. The predicted octanol–water partition coefficient (Wildman–Crippen LogP) is 2.67. The smallest absolute Gasteiger partial charge is 0.0211 e. The van der Waals surface area contributed by atoms with Gasteiger partial charge < -0.3 is 5.32 Å². The molecule has 1 N–H and O–H groups in total. The van der Waals surface area contributed by atoms with Crippen LogP contribution in [0.25, 0.3) is 0 Å². The van der Waals surface area contributed by atoms with Gasteiger partial charge in [0.1, 0.15) is 0 Å². The highest BCUT2D eigenvalue weighted by Crippen LogP contribution is 2.28. The number of nitrogens with one attached hydrogen (secondary N) is 1. The molecule has 0 spiro atoms. The van der Waals surface area contributed by atoms with Crippen molar-refractivity contribution in [1.82, 2.24) is 5.32 Å². The van der Waals surface area contributed by atoms with Crippen LogP contribution in [0.3, 0.4) is 0 Å². The SMILES string of the molecule is CCC1NCc2ccccc2C1C. The van der Waals surface area contributed by atoms with Crippen LogP contribution in [0.5, 0.6) is 0 Å². The van der Waals surface area contributed by atoms with Crippen molar-refractivity contribution in [3.05, 3.63) is 35.4 Å². The van der Waals surface area contributed by atoms with Crippen LogP contribution in [-0.4, -0.2) is 6.04 Å². The Morgan fingerprint density at radius 2 is 2.15 bits per heavy atom. The van der Waals surface area contributed by atoms with Gasteiger partial charge in [-0.15, -0.1) is 0 Å². The van der Waals surface area contributed by atoms with Gasteiger partial charge in [0.25, 0.3) is 0 Å². The van der Waals surface area contributed by atoms with Crippen LogP contribution >= 0.6 is 0 Å². The van der Waals surface area contributed by atoms with Gasteiger partial charge in [-0.25, -0.2) is 0 Å². The second kappa shape index (κ2) is 3.51. The highest BCUT2D eigenvalue weighted by atomic mass is 14.9. The molecule has 1 nitrogen and oxygen atoms in total. The average Bonchev–Trinajstić information content (AvgIpc) is 2.19. The van der Waals surface area contributed by atoms with Gasteiger partial charge in [-0.05, 0) is 23.5 Å². The minimum absolute atomic E-state index is 0.662. The maximum absolute atomic E-state index is 3.57. The fourth-order valence-corrected chi connectivity index (χ4v) is 2.27. The van der Waals surface area contributed by atoms with Gasteiger partial charge in [0.05, 0.1) is 0 Å². The van der Waals surface area contributed by atoms with Crippen LogP contribution in [0.4, 0.5) is 0 Å². The van der Waals surface area contributed by atoms with Gasteiger partial charge in [0, 0.05) is 12.6 Å². The zero-order valence-electron chi connectivity index (χ0n) is 8.38. The normalized spacial score (nSPS) is 26.9. The van der Waals surface area contributed by atoms with Crippen molar-refractivity contribution in [2.45, 2.75) is 38.8 Å². The molecule has 1 heteroatoms. The van der Waals surface area contributed by atoms with Crippen molar-refractivity contribution in [1.29, 1.82) is 0 Å². The van der Waals surface area contributed by atoms with Crippen LogP contribution in [0.15, 0.2) is 24.3 Å². The molecule has 0 amide bonds. The summed E-state index contributed by atoms with van der Waals surface area (Å²) < 4.78 is 0. The number of hydrogen-bond donors (Lipinski definition) is 1. The first-order chi connectivity index (χ1) is 6.33. The van der Waals surface area contributed by atoms with E-state index in [2.05, 4.69) is 43.4 Å². The van der Waals surface area contributed by atoms with Gasteiger partial charge >= 0.3 is 0 Å². The van der Waals surface area contributed by atoms with Gasteiger partial charge in [-0.1, -0.05) is 38.1 Å². The summed E-state index contributed by atoms with van der Waals surface area (Å²) in [5.41, 5.74) is 3.01. The molecule has 13 heavy (non-hydrogen) atoms. The third-order valence-corrected chi connectivity index (χ3v) is 3.14. The summed E-state index contributed by atoms with van der Waals surface area (Å²) in [7, 11) is 0. The lowest BCUT2D eigenvalue weighted by Gasteiger charge is -2.31. The summed E-state index contributed by atoms with van der Waals surface area (Å²) >= 11 is 0. The predicted molar refractivity (Wildman–Crippen MR) is 55.8 cm³/mol. The first-order valence-corrected chi connectivity index (χ1v) is 5.14. The number of rotatable bonds is 1. The van der Waals surface area contributed by atoms with Crippen molar-refractivity contribution < 1.29 is 0 Å². The Balaban J connectivity index is 2.33. The molecule has 2 atom stereocenters. The van der Waals surface area contributed by atoms with E-state index in [0.717, 1.165) is 6.54 Å². The molecule has 70 valence electrons. The lowest BCUT2D eigenvalue weighted by Crippen LogP contribution is -2.37. The minimum atomic E-state index is 0.662. The van der Waals surface area contributed by atoms with Crippen LogP contribution in [0.1, 0.15) is 37.3 Å². The van der Waals surface area contributed by atoms with Gasteiger partial charge in [-0.3, -0.25) is 0 Å². The first-order valence-electron chi connectivity index (χ1n) is 5.14. The lowest BCUT2D eigenvalue weighted by atomic mass is 9.85. The van der Waals surface area contributed by atoms with Crippen molar-refractivity contribution >= 4 is 0 Å². The largest absolute Gasteiger partial charge is 0.309 e. The lowest BCUT2D eigenvalue weighted by molar-refractivity contribution is 0.409. The Labute approximate surface area is 80.2 Å². The molecule has 0 bridgehead atoms. The second-order valence-electron chi connectivity index (χ2n) is 3.88. The molecule has 0 aromatic heterocycles. The standard InChI is InChI=1S/C12H17N/c1-3-12-9(2)11-7-5-4-6-10(11)8-13-12/h4-7,9,12-13H,3,8H2,1-2H3. The summed E-state index contributed by atoms with van der Waals surface area (Å²) in [6.07, 6.45) is 1.22. The number of benzene rings is 1. The zero-order valence-corrected chi connectivity index (χ0v) is 8.38. The minimum Gasteiger partial charge on any atom is -0.309 e. The Kier molecular flexibility index (Phi) is 2.36. The van der Waals surface area contributed by atoms with E-state index in [1.54, 1.807) is 0 Å². The number of fused-ring (bicyclic) bond motifs is 1. The molecule has 0 saturated carbocycles. The van der Waals surface area contributed by atoms with Crippen molar-refractivity contribution in [2.75, 3.05) is 0 Å². The Morgan fingerprint density at radius 1 is 1.38 bits per heavy atom. The third-order valence-electron chi connectivity index (χ3n) is 3.14. The molecule has 1 aromatic rings. The maximum atomic E-state index is 3.57. The zero-order chi connectivity index (χ0) is 9.26. The first kappa shape index (κ1) is 8.76. The molecule has 0 aliphatic carbocycles. The van der Waals surface area contributed by atoms with E-state index >= 15 is 0 Å². The Bertz CT molecular complexity index is 293. The summed E-state index contributed by atoms with van der Waals surface area (Å²) in [6.45, 7) is 5.61. The Morgan fingerprint density at radius 3 is 2.92 bits per heavy atom. The monoisotopic (exact) mass is 175 g/mol. The van der Waals surface area contributed by atoms with Crippen LogP contribution in [0.2, 0.25) is 0 Å². The molecule has 1 heterocycles. The summed E-state index contributed by atoms with van der Waals surface area (Å²) in [5, 5.41) is 3.57. The molecule has 2 unspecified atom stereocenters. The topological polar surface area (TPSA) is 12.0 Å². The van der Waals surface area contributed by atoms with Crippen molar-refractivity contribution in [3.8, 4) is 0 Å². The summed E-state index contributed by atoms with van der Waals surface area (Å²) in [5.74, 6) is 0.662. The fourth-order valence-electron chi connectivity index (χ4n) is 2.27. The highest BCUT2D eigenvalue weighted by molar-refractivity contribution is 5.33. The van der Waals surface area contributed by atoms with E-state index in [4.69, 9.17) is 0 Å². The maximum Gasteiger partial charge on any atom is 0.0211 e. The molecule has 0 saturated heterocycles. The van der Waals surface area contributed by atoms with E-state index in [9.17, 15) is 0 Å². The van der Waals surface area contributed by atoms with E-state index < -0.39 is 0 Å². The molecular formula is C12H17N. The van der Waals surface area contributed by atoms with E-state index in [-0.39, 0.29) is 0 Å². The molecule has 0 fully saturated rings. The van der Waals surface area contributed by atoms with E-state index in [1.807, 2.05) is 0 Å². The van der Waals surface area contributed by atoms with Gasteiger partial charge in [0.15, 0.2) is 0 Å². The number of hydrogen-bond acceptors (Lipinski definition) is 1. The summed E-state index contributed by atoms with van der Waals surface area (Å²) in [4.78, 5) is 0. The molecule has 0 radical (unpaired) electrons. The second-order valence-corrected chi connectivity index (χ2v) is 3.88. The van der Waals surface area contributed by atoms with Gasteiger partial charge in [0.2, 0.25) is 0 Å². The summed E-state index contributed by atoms with van der Waals surface area (Å²) in [6, 6.07) is 9.43. The molecule has 2 rings (SSSR count). The van der Waals surface area contributed by atoms with Crippen LogP contribution < -0.4 is 5.32 Å². The van der Waals surface area contributed by atoms with E-state index in [0.29, 0.717) is 12.0 Å². The third kappa shape index (κ3) is 1.49. The molecule has 1 aliphatic rings. The Hall–Kier alpha value is -0.820. The van der Waals surface area contributed by atoms with Crippen molar-refractivity contribution in [3.63, 3.8) is 0 Å². The van der Waals surface area contributed by atoms with Crippen LogP contribution in [-0.2, 0) is 6.54 Å². The highest BCUT2D eigenvalue weighted by Gasteiger charge is 2.23. The average molecular weight is 175 g/mol. The van der Waals surface area contributed by atoms with Crippen molar-refractivity contribution in [2.24, 2.45) is 0 Å².